The van der Waals surface area contributed by atoms with Crippen LogP contribution in [-0.2, 0) is 16.1 Å². The van der Waals surface area contributed by atoms with Gasteiger partial charge in [0.15, 0.2) is 6.61 Å². The van der Waals surface area contributed by atoms with E-state index in [1.54, 1.807) is 48.2 Å². The first kappa shape index (κ1) is 19.5. The number of aliphatic hydroxyl groups is 1. The van der Waals surface area contributed by atoms with Crippen molar-refractivity contribution in [3.05, 3.63) is 82.9 Å². The summed E-state index contributed by atoms with van der Waals surface area (Å²) in [5.74, 6) is -0.976. The summed E-state index contributed by atoms with van der Waals surface area (Å²) in [6.45, 7) is -0.520. The molecule has 0 aromatic heterocycles. The molecule has 0 bridgehead atoms. The molecule has 0 saturated heterocycles. The zero-order valence-electron chi connectivity index (χ0n) is 15.2. The Balaban J connectivity index is 1.56. The molecule has 0 saturated carbocycles. The highest BCUT2D eigenvalue weighted by atomic mass is 35.5. The number of hydrogen-bond acceptors (Lipinski definition) is 5. The summed E-state index contributed by atoms with van der Waals surface area (Å²) in [4.78, 5) is 28.7. The summed E-state index contributed by atoms with van der Waals surface area (Å²) in [5.41, 5.74) is 2.39. The number of anilines is 2. The van der Waals surface area contributed by atoms with Crippen LogP contribution in [0.4, 0.5) is 11.4 Å². The molecule has 1 heterocycles. The molecule has 7 heteroatoms. The van der Waals surface area contributed by atoms with E-state index in [9.17, 15) is 9.59 Å². The van der Waals surface area contributed by atoms with Gasteiger partial charge in [-0.05, 0) is 48.0 Å². The lowest BCUT2D eigenvalue weighted by molar-refractivity contribution is -0.121. The molecule has 0 fully saturated rings. The highest BCUT2D eigenvalue weighted by Gasteiger charge is 2.29. The Morgan fingerprint density at radius 3 is 2.45 bits per heavy atom. The van der Waals surface area contributed by atoms with Crippen LogP contribution in [-0.4, -0.2) is 23.6 Å². The minimum atomic E-state index is -0.603. The van der Waals surface area contributed by atoms with Gasteiger partial charge in [0.25, 0.3) is 5.91 Å². The number of para-hydroxylation sites is 1. The number of nitrogens with zero attached hydrogens (tertiary/aromatic N) is 1. The first-order valence-corrected chi connectivity index (χ1v) is 10.0. The number of fused-ring (bicyclic) bond motifs is 2. The zero-order chi connectivity index (χ0) is 20.4. The van der Waals surface area contributed by atoms with Crippen molar-refractivity contribution in [2.75, 3.05) is 11.5 Å². The van der Waals surface area contributed by atoms with Gasteiger partial charge in [-0.1, -0.05) is 47.6 Å². The molecule has 146 valence electrons. The van der Waals surface area contributed by atoms with Crippen LogP contribution in [0.15, 0.2) is 76.5 Å². The van der Waals surface area contributed by atoms with Gasteiger partial charge in [0.1, 0.15) is 0 Å². The third kappa shape index (κ3) is 4.00. The van der Waals surface area contributed by atoms with E-state index in [1.165, 1.54) is 4.90 Å². The van der Waals surface area contributed by atoms with Gasteiger partial charge in [0.2, 0.25) is 0 Å². The van der Waals surface area contributed by atoms with Crippen LogP contribution in [0.25, 0.3) is 0 Å². The minimum absolute atomic E-state index is 0.109. The van der Waals surface area contributed by atoms with Gasteiger partial charge in [-0.3, -0.25) is 9.69 Å². The number of carbonyl (C=O) groups excluding carboxylic acids is 2. The van der Waals surface area contributed by atoms with Gasteiger partial charge in [-0.15, -0.1) is 0 Å². The molecule has 0 radical (unpaired) electrons. The van der Waals surface area contributed by atoms with Crippen LogP contribution in [0.5, 0.6) is 0 Å². The zero-order valence-corrected chi connectivity index (χ0v) is 16.7. The van der Waals surface area contributed by atoms with Crippen molar-refractivity contribution < 1.29 is 19.4 Å². The fourth-order valence-corrected chi connectivity index (χ4v) is 4.22. The van der Waals surface area contributed by atoms with Crippen LogP contribution in [0.3, 0.4) is 0 Å². The molecule has 0 unspecified atom stereocenters. The van der Waals surface area contributed by atoms with Crippen molar-refractivity contribution in [1.82, 2.24) is 0 Å². The smallest absolute Gasteiger partial charge is 0.338 e. The van der Waals surface area contributed by atoms with Crippen molar-refractivity contribution in [2.24, 2.45) is 0 Å². The van der Waals surface area contributed by atoms with Crippen LogP contribution in [0, 0.1) is 0 Å². The average molecular weight is 426 g/mol. The number of halogens is 1. The van der Waals surface area contributed by atoms with E-state index in [-0.39, 0.29) is 12.5 Å². The van der Waals surface area contributed by atoms with E-state index < -0.39 is 12.6 Å². The first-order valence-electron chi connectivity index (χ1n) is 8.83. The van der Waals surface area contributed by atoms with Gasteiger partial charge < -0.3 is 9.84 Å². The fraction of sp³-hybridized carbons (Fsp3) is 0.0909. The fourth-order valence-electron chi connectivity index (χ4n) is 3.02. The topological polar surface area (TPSA) is 66.8 Å². The maximum absolute atomic E-state index is 13.0. The number of rotatable bonds is 4. The van der Waals surface area contributed by atoms with E-state index in [2.05, 4.69) is 0 Å². The SMILES string of the molecule is O=C(OCC(=O)N1c2ccccc2Sc2ccc(Cl)cc21)c1ccc(CO)cc1. The standard InChI is InChI=1S/C22H16ClNO4S/c23-16-9-10-20-18(11-16)24(17-3-1-2-4-19(17)29-20)21(26)13-28-22(27)15-7-5-14(12-25)6-8-15/h1-11,25H,12-13H2. The molecule has 1 aliphatic heterocycles. The van der Waals surface area contributed by atoms with Crippen molar-refractivity contribution in [1.29, 1.82) is 0 Å². The Morgan fingerprint density at radius 2 is 1.69 bits per heavy atom. The molecule has 1 N–H and O–H groups in total. The molecule has 1 aliphatic rings. The van der Waals surface area contributed by atoms with E-state index in [0.29, 0.717) is 21.8 Å². The average Bonchev–Trinajstić information content (AvgIpc) is 2.75. The van der Waals surface area contributed by atoms with Gasteiger partial charge >= 0.3 is 5.97 Å². The second-order valence-corrected chi connectivity index (χ2v) is 7.86. The monoisotopic (exact) mass is 425 g/mol. The molecule has 0 atom stereocenters. The molecule has 4 rings (SSSR count). The molecular formula is C22H16ClNO4S. The molecule has 5 nitrogen and oxygen atoms in total. The third-order valence-electron chi connectivity index (χ3n) is 4.44. The first-order chi connectivity index (χ1) is 14.1. The van der Waals surface area contributed by atoms with Crippen LogP contribution in [0.2, 0.25) is 5.02 Å². The number of esters is 1. The second kappa shape index (κ2) is 8.29. The normalized spacial score (nSPS) is 12.1. The van der Waals surface area contributed by atoms with Crippen LogP contribution in [0.1, 0.15) is 15.9 Å². The van der Waals surface area contributed by atoms with Crippen molar-refractivity contribution in [3.8, 4) is 0 Å². The third-order valence-corrected chi connectivity index (χ3v) is 5.80. The van der Waals surface area contributed by atoms with Gasteiger partial charge in [0.05, 0.1) is 23.5 Å². The molecular weight excluding hydrogens is 410 g/mol. The second-order valence-electron chi connectivity index (χ2n) is 6.34. The lowest BCUT2D eigenvalue weighted by Gasteiger charge is -2.31. The lowest BCUT2D eigenvalue weighted by atomic mass is 10.1. The maximum atomic E-state index is 13.0. The van der Waals surface area contributed by atoms with Crippen molar-refractivity contribution in [3.63, 3.8) is 0 Å². The van der Waals surface area contributed by atoms with E-state index >= 15 is 0 Å². The Morgan fingerprint density at radius 1 is 0.966 bits per heavy atom. The Labute approximate surface area is 176 Å². The summed E-state index contributed by atoms with van der Waals surface area (Å²) in [6.07, 6.45) is 0. The molecule has 29 heavy (non-hydrogen) atoms. The number of amides is 1. The number of ether oxygens (including phenoxy) is 1. The van der Waals surface area contributed by atoms with Crippen molar-refractivity contribution >= 4 is 46.6 Å². The molecule has 3 aromatic carbocycles. The minimum Gasteiger partial charge on any atom is -0.452 e. The highest BCUT2D eigenvalue weighted by molar-refractivity contribution is 7.99. The molecule has 0 spiro atoms. The van der Waals surface area contributed by atoms with Gasteiger partial charge in [-0.25, -0.2) is 4.79 Å². The van der Waals surface area contributed by atoms with Gasteiger partial charge in [-0.2, -0.15) is 0 Å². The molecule has 0 aliphatic carbocycles. The summed E-state index contributed by atoms with van der Waals surface area (Å²) >= 11 is 7.71. The quantitative estimate of drug-likeness (QED) is 0.607. The number of hydrogen-bond donors (Lipinski definition) is 1. The van der Waals surface area contributed by atoms with E-state index in [0.717, 1.165) is 15.5 Å². The van der Waals surface area contributed by atoms with E-state index in [1.807, 2.05) is 30.3 Å². The number of carbonyl (C=O) groups is 2. The maximum Gasteiger partial charge on any atom is 0.338 e. The largest absolute Gasteiger partial charge is 0.452 e. The summed E-state index contributed by atoms with van der Waals surface area (Å²) in [7, 11) is 0. The summed E-state index contributed by atoms with van der Waals surface area (Å²) < 4.78 is 5.24. The van der Waals surface area contributed by atoms with Crippen LogP contribution >= 0.6 is 23.4 Å². The van der Waals surface area contributed by atoms with Crippen LogP contribution < -0.4 is 4.90 Å². The molecule has 1 amide bonds. The van der Waals surface area contributed by atoms with Crippen molar-refractivity contribution in [2.45, 2.75) is 16.4 Å². The van der Waals surface area contributed by atoms with Gasteiger partial charge in [0, 0.05) is 14.8 Å². The molecule has 3 aromatic rings. The predicted molar refractivity (Wildman–Crippen MR) is 112 cm³/mol. The predicted octanol–water partition coefficient (Wildman–Crippen LogP) is 4.82. The highest BCUT2D eigenvalue weighted by Crippen LogP contribution is 2.48. The Kier molecular flexibility index (Phi) is 5.58. The number of aliphatic hydroxyl groups excluding tert-OH is 1. The lowest BCUT2D eigenvalue weighted by Crippen LogP contribution is -2.32. The van der Waals surface area contributed by atoms with E-state index in [4.69, 9.17) is 21.4 Å². The Hall–Kier alpha value is -2.80. The Bertz CT molecular complexity index is 1080. The summed E-state index contributed by atoms with van der Waals surface area (Å²) in [5, 5.41) is 9.61. The number of benzene rings is 3. The summed E-state index contributed by atoms with van der Waals surface area (Å²) in [6, 6.07) is 19.3.